The van der Waals surface area contributed by atoms with Gasteiger partial charge in [-0.05, 0) is 50.3 Å². The van der Waals surface area contributed by atoms with Crippen molar-refractivity contribution >= 4 is 23.2 Å². The number of aromatic nitrogens is 3. The van der Waals surface area contributed by atoms with Crippen molar-refractivity contribution in [3.8, 4) is 0 Å². The number of nitrogens with two attached hydrogens (primary N) is 1. The normalized spacial score (nSPS) is 23.4. The van der Waals surface area contributed by atoms with E-state index in [4.69, 9.17) is 5.73 Å². The molecule has 1 amide bonds. The van der Waals surface area contributed by atoms with Gasteiger partial charge in [-0.3, -0.25) is 14.2 Å². The molecule has 3 heterocycles. The van der Waals surface area contributed by atoms with Gasteiger partial charge in [-0.25, -0.2) is 9.97 Å². The molecule has 0 radical (unpaired) electrons. The number of nitrogen functional groups attached to an aromatic ring is 1. The van der Waals surface area contributed by atoms with Gasteiger partial charge in [0, 0.05) is 12.0 Å². The van der Waals surface area contributed by atoms with E-state index in [1.165, 1.54) is 6.33 Å². The van der Waals surface area contributed by atoms with E-state index >= 15 is 0 Å². The van der Waals surface area contributed by atoms with Crippen molar-refractivity contribution in [1.82, 2.24) is 19.9 Å². The molecule has 1 aliphatic heterocycles. The van der Waals surface area contributed by atoms with E-state index in [0.29, 0.717) is 23.0 Å². The number of anilines is 3. The summed E-state index contributed by atoms with van der Waals surface area (Å²) in [6.45, 7) is 3.93. The molecular weight excluding hydrogens is 356 g/mol. The third-order valence-electron chi connectivity index (χ3n) is 5.65. The van der Waals surface area contributed by atoms with Gasteiger partial charge in [0.2, 0.25) is 0 Å². The Balaban J connectivity index is 1.90. The highest BCUT2D eigenvalue weighted by atomic mass is 16.2. The first-order valence-corrected chi connectivity index (χ1v) is 9.58. The second-order valence-electron chi connectivity index (χ2n) is 7.40. The SMILES string of the molecule is CCC1CCCC=CC12NC(=O)c1c(C)cc(Nc3cc(N)ncn3)c(=O)n12. The van der Waals surface area contributed by atoms with Crippen LogP contribution >= 0.6 is 0 Å². The molecule has 28 heavy (non-hydrogen) atoms. The molecule has 0 fully saturated rings. The summed E-state index contributed by atoms with van der Waals surface area (Å²) in [7, 11) is 0. The molecule has 4 N–H and O–H groups in total. The average molecular weight is 380 g/mol. The molecule has 2 unspecified atom stereocenters. The van der Waals surface area contributed by atoms with Crippen LogP contribution < -0.4 is 21.9 Å². The van der Waals surface area contributed by atoms with E-state index < -0.39 is 5.66 Å². The van der Waals surface area contributed by atoms with E-state index in [1.807, 2.05) is 13.0 Å². The molecule has 8 nitrogen and oxygen atoms in total. The molecule has 146 valence electrons. The van der Waals surface area contributed by atoms with E-state index in [9.17, 15) is 9.59 Å². The first-order chi connectivity index (χ1) is 13.5. The lowest BCUT2D eigenvalue weighted by Gasteiger charge is -2.35. The summed E-state index contributed by atoms with van der Waals surface area (Å²) in [5, 5.41) is 6.16. The lowest BCUT2D eigenvalue weighted by Crippen LogP contribution is -2.51. The Kier molecular flexibility index (Phi) is 4.41. The van der Waals surface area contributed by atoms with E-state index in [1.54, 1.807) is 16.7 Å². The molecule has 0 saturated carbocycles. The first kappa shape index (κ1) is 18.2. The summed E-state index contributed by atoms with van der Waals surface area (Å²) in [5.41, 5.74) is 6.12. The zero-order valence-corrected chi connectivity index (χ0v) is 16.0. The number of carbonyl (C=O) groups is 1. The summed E-state index contributed by atoms with van der Waals surface area (Å²) in [4.78, 5) is 34.3. The van der Waals surface area contributed by atoms with Crippen LogP contribution in [-0.4, -0.2) is 20.4 Å². The molecule has 0 saturated heterocycles. The van der Waals surface area contributed by atoms with Crippen LogP contribution in [0.3, 0.4) is 0 Å². The number of allylic oxidation sites excluding steroid dienone is 1. The molecule has 1 aliphatic carbocycles. The predicted octanol–water partition coefficient (Wildman–Crippen LogP) is 2.44. The lowest BCUT2D eigenvalue weighted by molar-refractivity contribution is 0.0897. The Hall–Kier alpha value is -3.16. The molecule has 2 aromatic rings. The second-order valence-corrected chi connectivity index (χ2v) is 7.40. The quantitative estimate of drug-likeness (QED) is 0.705. The topological polar surface area (TPSA) is 115 Å². The molecule has 1 spiro atoms. The smallest absolute Gasteiger partial charge is 0.277 e. The molecule has 0 aromatic carbocycles. The molecule has 8 heteroatoms. The van der Waals surface area contributed by atoms with E-state index in [2.05, 4.69) is 33.6 Å². The number of nitrogens with zero attached hydrogens (tertiary/aromatic N) is 3. The monoisotopic (exact) mass is 380 g/mol. The number of hydrogen-bond donors (Lipinski definition) is 3. The Morgan fingerprint density at radius 2 is 2.18 bits per heavy atom. The Labute approximate surface area is 162 Å². The minimum absolute atomic E-state index is 0.137. The third-order valence-corrected chi connectivity index (χ3v) is 5.65. The van der Waals surface area contributed by atoms with Gasteiger partial charge in [-0.1, -0.05) is 13.0 Å². The number of hydrogen-bond acceptors (Lipinski definition) is 6. The Bertz CT molecular complexity index is 1030. The van der Waals surface area contributed by atoms with Crippen LogP contribution in [-0.2, 0) is 5.66 Å². The van der Waals surface area contributed by atoms with Gasteiger partial charge in [0.25, 0.3) is 11.5 Å². The number of nitrogens with one attached hydrogen (secondary N) is 2. The summed E-state index contributed by atoms with van der Waals surface area (Å²) < 4.78 is 1.63. The maximum absolute atomic E-state index is 13.5. The van der Waals surface area contributed by atoms with Crippen LogP contribution in [0.1, 0.15) is 48.7 Å². The van der Waals surface area contributed by atoms with Crippen molar-refractivity contribution in [2.24, 2.45) is 5.92 Å². The van der Waals surface area contributed by atoms with Crippen molar-refractivity contribution in [2.45, 2.75) is 45.2 Å². The summed E-state index contributed by atoms with van der Waals surface area (Å²) >= 11 is 0. The van der Waals surface area contributed by atoms with Gasteiger partial charge in [-0.2, -0.15) is 0 Å². The number of amides is 1. The molecular formula is C20H24N6O2. The fraction of sp³-hybridized carbons (Fsp3) is 0.400. The molecule has 2 aromatic heterocycles. The van der Waals surface area contributed by atoms with Crippen molar-refractivity contribution < 1.29 is 4.79 Å². The van der Waals surface area contributed by atoms with Gasteiger partial charge in [0.15, 0.2) is 0 Å². The molecule has 2 aliphatic rings. The fourth-order valence-corrected chi connectivity index (χ4v) is 4.36. The van der Waals surface area contributed by atoms with Crippen molar-refractivity contribution in [1.29, 1.82) is 0 Å². The van der Waals surface area contributed by atoms with Gasteiger partial charge in [0.1, 0.15) is 35.0 Å². The van der Waals surface area contributed by atoms with Gasteiger partial charge < -0.3 is 16.4 Å². The average Bonchev–Trinajstić information content (AvgIpc) is 2.81. The van der Waals surface area contributed by atoms with Crippen LogP contribution in [0.2, 0.25) is 0 Å². The summed E-state index contributed by atoms with van der Waals surface area (Å²) in [6, 6.07) is 3.25. The van der Waals surface area contributed by atoms with Crippen LogP contribution in [0.5, 0.6) is 0 Å². The predicted molar refractivity (Wildman–Crippen MR) is 107 cm³/mol. The lowest BCUT2D eigenvalue weighted by atomic mass is 9.87. The summed E-state index contributed by atoms with van der Waals surface area (Å²) in [5.74, 6) is 0.664. The highest BCUT2D eigenvalue weighted by molar-refractivity contribution is 5.97. The van der Waals surface area contributed by atoms with Gasteiger partial charge >= 0.3 is 0 Å². The van der Waals surface area contributed by atoms with Crippen LogP contribution in [0.25, 0.3) is 0 Å². The molecule has 2 atom stereocenters. The van der Waals surface area contributed by atoms with Crippen molar-refractivity contribution in [2.75, 3.05) is 11.1 Å². The number of carbonyl (C=O) groups excluding carboxylic acids is 1. The zero-order valence-electron chi connectivity index (χ0n) is 16.0. The maximum Gasteiger partial charge on any atom is 0.277 e. The van der Waals surface area contributed by atoms with Gasteiger partial charge in [-0.15, -0.1) is 0 Å². The van der Waals surface area contributed by atoms with Crippen molar-refractivity contribution in [3.05, 3.63) is 52.2 Å². The fourth-order valence-electron chi connectivity index (χ4n) is 4.36. The standard InChI is InChI=1S/C20H24N6O2/c1-3-13-7-5-4-6-8-20(13)25-18(27)17-12(2)9-14(19(28)26(17)20)24-16-10-15(21)22-11-23-16/h6,8-11,13H,3-5,7H2,1-2H3,(H,25,27)(H3,21,22,23,24). The highest BCUT2D eigenvalue weighted by Crippen LogP contribution is 2.39. The van der Waals surface area contributed by atoms with Crippen LogP contribution in [0.15, 0.2) is 35.4 Å². The molecule has 0 bridgehead atoms. The van der Waals surface area contributed by atoms with Crippen LogP contribution in [0.4, 0.5) is 17.3 Å². The number of fused-ring (bicyclic) bond motifs is 2. The number of aryl methyl sites for hydroxylation is 1. The van der Waals surface area contributed by atoms with E-state index in [-0.39, 0.29) is 17.4 Å². The van der Waals surface area contributed by atoms with Gasteiger partial charge in [0.05, 0.1) is 0 Å². The minimum atomic E-state index is -0.831. The van der Waals surface area contributed by atoms with Crippen molar-refractivity contribution in [3.63, 3.8) is 0 Å². The first-order valence-electron chi connectivity index (χ1n) is 9.58. The largest absolute Gasteiger partial charge is 0.384 e. The Morgan fingerprint density at radius 1 is 1.36 bits per heavy atom. The highest BCUT2D eigenvalue weighted by Gasteiger charge is 2.48. The van der Waals surface area contributed by atoms with Crippen LogP contribution in [0, 0.1) is 12.8 Å². The zero-order chi connectivity index (χ0) is 19.9. The van der Waals surface area contributed by atoms with E-state index in [0.717, 1.165) is 31.2 Å². The second kappa shape index (κ2) is 6.78. The third kappa shape index (κ3) is 2.76. The number of pyridine rings is 1. The molecule has 4 rings (SSSR count). The minimum Gasteiger partial charge on any atom is -0.384 e. The summed E-state index contributed by atoms with van der Waals surface area (Å²) in [6.07, 6.45) is 9.17. The number of rotatable bonds is 3. The maximum atomic E-state index is 13.5. The Morgan fingerprint density at radius 3 is 2.93 bits per heavy atom.